The summed E-state index contributed by atoms with van der Waals surface area (Å²) < 4.78 is 1.30. The van der Waals surface area contributed by atoms with Crippen molar-refractivity contribution in [2.45, 2.75) is 33.7 Å². The van der Waals surface area contributed by atoms with Crippen molar-refractivity contribution in [1.29, 1.82) is 0 Å². The third-order valence-corrected chi connectivity index (χ3v) is 5.59. The number of piperidine rings is 1. The Morgan fingerprint density at radius 2 is 1.80 bits per heavy atom. The number of likely N-dealkylation sites (N-methyl/N-ethyl adjacent to an activating group) is 1. The monoisotopic (exact) mass is 413 g/mol. The minimum Gasteiger partial charge on any atom is -0.383 e. The number of hydrogen-bond acceptors (Lipinski definition) is 5. The maximum atomic E-state index is 13.1. The third kappa shape index (κ3) is 4.81. The van der Waals surface area contributed by atoms with E-state index in [0.29, 0.717) is 11.8 Å². The summed E-state index contributed by atoms with van der Waals surface area (Å²) >= 11 is 0. The largest absolute Gasteiger partial charge is 0.383 e. The second-order valence-electron chi connectivity index (χ2n) is 8.34. The van der Waals surface area contributed by atoms with Gasteiger partial charge in [0.15, 0.2) is 5.69 Å². The minimum atomic E-state index is -0.641. The number of amides is 1. The number of carbonyl (C=O) groups excluding carboxylic acids is 1. The van der Waals surface area contributed by atoms with E-state index in [1.165, 1.54) is 9.47 Å². The van der Waals surface area contributed by atoms with E-state index in [4.69, 9.17) is 5.73 Å². The van der Waals surface area contributed by atoms with E-state index in [1.807, 2.05) is 30.3 Å². The quantitative estimate of drug-likeness (QED) is 0.747. The molecule has 0 spiro atoms. The second kappa shape index (κ2) is 9.30. The fourth-order valence-electron chi connectivity index (χ4n) is 4.42. The van der Waals surface area contributed by atoms with E-state index in [2.05, 4.69) is 23.7 Å². The number of aromatic amines is 1. The molecule has 1 aliphatic rings. The summed E-state index contributed by atoms with van der Waals surface area (Å²) in [5.74, 6) is 0.861. The molecule has 1 aromatic heterocycles. The lowest BCUT2D eigenvalue weighted by molar-refractivity contribution is -0.120. The fraction of sp³-hybridized carbons (Fsp3) is 0.500. The molecule has 1 saturated heterocycles. The van der Waals surface area contributed by atoms with Crippen molar-refractivity contribution >= 4 is 17.4 Å². The van der Waals surface area contributed by atoms with Gasteiger partial charge in [0.2, 0.25) is 5.91 Å². The van der Waals surface area contributed by atoms with E-state index in [-0.39, 0.29) is 37.0 Å². The molecule has 0 unspecified atom stereocenters. The molecule has 0 saturated carbocycles. The first-order valence-corrected chi connectivity index (χ1v) is 10.5. The summed E-state index contributed by atoms with van der Waals surface area (Å²) in [5.41, 5.74) is 5.94. The highest BCUT2D eigenvalue weighted by molar-refractivity contribution is 5.96. The van der Waals surface area contributed by atoms with Gasteiger partial charge < -0.3 is 10.6 Å². The molecule has 1 aromatic carbocycles. The molecule has 162 valence electrons. The molecule has 0 radical (unpaired) electrons. The Labute approximate surface area is 176 Å². The number of benzene rings is 1. The number of hydrogen-bond donors (Lipinski definition) is 2. The Bertz CT molecular complexity index is 988. The maximum absolute atomic E-state index is 13.1. The molecule has 8 nitrogen and oxygen atoms in total. The van der Waals surface area contributed by atoms with Gasteiger partial charge in [0.05, 0.1) is 13.1 Å². The van der Waals surface area contributed by atoms with Crippen LogP contribution in [0.5, 0.6) is 0 Å². The van der Waals surface area contributed by atoms with Crippen LogP contribution in [-0.2, 0) is 11.3 Å². The lowest BCUT2D eigenvalue weighted by atomic mass is 9.92. The van der Waals surface area contributed by atoms with Crippen LogP contribution in [0.25, 0.3) is 0 Å². The number of anilines is 2. The van der Waals surface area contributed by atoms with Crippen LogP contribution in [0, 0.1) is 11.8 Å². The smallest absolute Gasteiger partial charge is 0.330 e. The van der Waals surface area contributed by atoms with Crippen LogP contribution in [-0.4, -0.2) is 46.5 Å². The van der Waals surface area contributed by atoms with Crippen molar-refractivity contribution in [2.24, 2.45) is 11.8 Å². The zero-order chi connectivity index (χ0) is 21.8. The van der Waals surface area contributed by atoms with Crippen molar-refractivity contribution in [3.8, 4) is 0 Å². The first-order chi connectivity index (χ1) is 14.3. The lowest BCUT2D eigenvalue weighted by Gasteiger charge is -2.35. The first-order valence-electron chi connectivity index (χ1n) is 10.5. The number of likely N-dealkylation sites (tertiary alicyclic amines) is 1. The Kier molecular flexibility index (Phi) is 6.77. The third-order valence-electron chi connectivity index (χ3n) is 5.59. The normalized spacial score (nSPS) is 19.6. The van der Waals surface area contributed by atoms with Crippen LogP contribution in [0.3, 0.4) is 0 Å². The fourth-order valence-corrected chi connectivity index (χ4v) is 4.42. The summed E-state index contributed by atoms with van der Waals surface area (Å²) in [6.45, 7) is 8.60. The van der Waals surface area contributed by atoms with Gasteiger partial charge in [-0.05, 0) is 30.7 Å². The number of carbonyl (C=O) groups is 1. The van der Waals surface area contributed by atoms with Gasteiger partial charge in [-0.1, -0.05) is 44.2 Å². The van der Waals surface area contributed by atoms with Crippen LogP contribution in [0.4, 0.5) is 11.5 Å². The molecule has 30 heavy (non-hydrogen) atoms. The summed E-state index contributed by atoms with van der Waals surface area (Å²) in [6.07, 6.45) is 1.15. The standard InChI is InChI=1S/C22H31N5O3/c1-4-26(18(28)14-25-11-15(2)10-16(3)12-25)19-20(23)27(22(30)24-21(19)29)13-17-8-6-5-7-9-17/h5-9,15-16H,4,10-14,23H2,1-3H3,(H,24,29,30)/t15-,16-/m0/s1. The van der Waals surface area contributed by atoms with Crippen LogP contribution >= 0.6 is 0 Å². The molecular formula is C22H31N5O3. The van der Waals surface area contributed by atoms with Crippen molar-refractivity contribution in [3.63, 3.8) is 0 Å². The number of nitrogen functional groups attached to an aromatic ring is 1. The molecular weight excluding hydrogens is 382 g/mol. The predicted octanol–water partition coefficient (Wildman–Crippen LogP) is 1.50. The second-order valence-corrected chi connectivity index (χ2v) is 8.34. The van der Waals surface area contributed by atoms with Crippen molar-refractivity contribution in [2.75, 3.05) is 36.8 Å². The van der Waals surface area contributed by atoms with E-state index >= 15 is 0 Å². The zero-order valence-electron chi connectivity index (χ0n) is 17.9. The van der Waals surface area contributed by atoms with Gasteiger partial charge in [0.25, 0.3) is 5.56 Å². The Hall–Kier alpha value is -2.87. The Morgan fingerprint density at radius 1 is 1.17 bits per heavy atom. The summed E-state index contributed by atoms with van der Waals surface area (Å²) in [7, 11) is 0. The predicted molar refractivity (Wildman–Crippen MR) is 119 cm³/mol. The zero-order valence-corrected chi connectivity index (χ0v) is 17.9. The van der Waals surface area contributed by atoms with Gasteiger partial charge in [0, 0.05) is 19.6 Å². The Morgan fingerprint density at radius 3 is 2.40 bits per heavy atom. The number of aromatic nitrogens is 2. The molecule has 3 N–H and O–H groups in total. The molecule has 1 aliphatic heterocycles. The Balaban J connectivity index is 1.90. The molecule has 2 aromatic rings. The molecule has 1 amide bonds. The number of nitrogens with one attached hydrogen (secondary N) is 1. The van der Waals surface area contributed by atoms with Crippen LogP contribution in [0.1, 0.15) is 32.8 Å². The average molecular weight is 414 g/mol. The highest BCUT2D eigenvalue weighted by Gasteiger charge is 2.28. The molecule has 3 rings (SSSR count). The van der Waals surface area contributed by atoms with Crippen molar-refractivity contribution < 1.29 is 4.79 Å². The van der Waals surface area contributed by atoms with E-state index < -0.39 is 11.2 Å². The van der Waals surface area contributed by atoms with Gasteiger partial charge in [-0.15, -0.1) is 0 Å². The number of H-pyrrole nitrogens is 1. The van der Waals surface area contributed by atoms with Gasteiger partial charge in [-0.2, -0.15) is 0 Å². The number of nitrogens with zero attached hydrogens (tertiary/aromatic N) is 3. The van der Waals surface area contributed by atoms with Gasteiger partial charge in [-0.3, -0.25) is 24.0 Å². The highest BCUT2D eigenvalue weighted by Crippen LogP contribution is 2.22. The lowest BCUT2D eigenvalue weighted by Crippen LogP contribution is -2.48. The maximum Gasteiger partial charge on any atom is 0.330 e. The SMILES string of the molecule is CCN(C(=O)CN1C[C@@H](C)C[C@H](C)C1)c1c(N)n(Cc2ccccc2)c(=O)[nH]c1=O. The summed E-state index contributed by atoms with van der Waals surface area (Å²) in [4.78, 5) is 44.0. The molecule has 2 atom stereocenters. The molecule has 8 heteroatoms. The van der Waals surface area contributed by atoms with Crippen molar-refractivity contribution in [3.05, 3.63) is 56.7 Å². The van der Waals surface area contributed by atoms with E-state index in [1.54, 1.807) is 6.92 Å². The van der Waals surface area contributed by atoms with Gasteiger partial charge >= 0.3 is 5.69 Å². The van der Waals surface area contributed by atoms with Crippen molar-refractivity contribution in [1.82, 2.24) is 14.5 Å². The minimum absolute atomic E-state index is 0.00295. The number of rotatable bonds is 6. The van der Waals surface area contributed by atoms with E-state index in [9.17, 15) is 14.4 Å². The molecule has 1 fully saturated rings. The summed E-state index contributed by atoms with van der Waals surface area (Å²) in [6, 6.07) is 9.36. The number of nitrogens with two attached hydrogens (primary N) is 1. The van der Waals surface area contributed by atoms with Crippen LogP contribution < -0.4 is 21.9 Å². The molecule has 0 bridgehead atoms. The first kappa shape index (κ1) is 21.8. The van der Waals surface area contributed by atoms with Crippen LogP contribution in [0.2, 0.25) is 0 Å². The topological polar surface area (TPSA) is 104 Å². The van der Waals surface area contributed by atoms with Crippen LogP contribution in [0.15, 0.2) is 39.9 Å². The molecule has 0 aliphatic carbocycles. The van der Waals surface area contributed by atoms with E-state index in [0.717, 1.165) is 25.1 Å². The van der Waals surface area contributed by atoms with Gasteiger partial charge in [-0.25, -0.2) is 4.79 Å². The average Bonchev–Trinajstić information content (AvgIpc) is 2.68. The molecule has 2 heterocycles. The highest BCUT2D eigenvalue weighted by atomic mass is 16.2. The van der Waals surface area contributed by atoms with Gasteiger partial charge in [0.1, 0.15) is 5.82 Å². The summed E-state index contributed by atoms with van der Waals surface area (Å²) in [5, 5.41) is 0.